The highest BCUT2D eigenvalue weighted by Gasteiger charge is 2.14. The van der Waals surface area contributed by atoms with Gasteiger partial charge in [0.2, 0.25) is 0 Å². The summed E-state index contributed by atoms with van der Waals surface area (Å²) in [6.45, 7) is 2.00. The van der Waals surface area contributed by atoms with Crippen LogP contribution < -0.4 is 0 Å². The number of thiazole rings is 1. The van der Waals surface area contributed by atoms with Crippen LogP contribution in [0, 0.1) is 6.92 Å². The van der Waals surface area contributed by atoms with Crippen LogP contribution in [-0.4, -0.2) is 19.9 Å². The molecule has 0 saturated carbocycles. The summed E-state index contributed by atoms with van der Waals surface area (Å²) < 4.78 is 0. The van der Waals surface area contributed by atoms with E-state index in [1.165, 1.54) is 0 Å². The van der Waals surface area contributed by atoms with Crippen molar-refractivity contribution in [3.8, 4) is 11.3 Å². The SMILES string of the molecule is Cc1nc2c(-c3ccccc3)nc(SCc3ccccn3)nc2s1. The molecule has 0 radical (unpaired) electrons. The monoisotopic (exact) mass is 350 g/mol. The van der Waals surface area contributed by atoms with E-state index in [4.69, 9.17) is 4.98 Å². The van der Waals surface area contributed by atoms with Crippen LogP contribution in [0.15, 0.2) is 59.9 Å². The minimum atomic E-state index is 0.748. The van der Waals surface area contributed by atoms with Gasteiger partial charge < -0.3 is 0 Å². The van der Waals surface area contributed by atoms with Gasteiger partial charge in [0.25, 0.3) is 0 Å². The largest absolute Gasteiger partial charge is 0.260 e. The van der Waals surface area contributed by atoms with Crippen molar-refractivity contribution < 1.29 is 0 Å². The van der Waals surface area contributed by atoms with Crippen molar-refractivity contribution >= 4 is 33.4 Å². The average Bonchev–Trinajstić information content (AvgIpc) is 3.01. The number of pyridine rings is 1. The van der Waals surface area contributed by atoms with Crippen molar-refractivity contribution in [1.82, 2.24) is 19.9 Å². The summed E-state index contributed by atoms with van der Waals surface area (Å²) in [6.07, 6.45) is 1.81. The van der Waals surface area contributed by atoms with E-state index in [0.717, 1.165) is 43.2 Å². The van der Waals surface area contributed by atoms with Crippen LogP contribution in [0.4, 0.5) is 0 Å². The molecule has 4 aromatic rings. The predicted octanol–water partition coefficient (Wildman–Crippen LogP) is 4.75. The summed E-state index contributed by atoms with van der Waals surface area (Å²) in [5, 5.41) is 1.76. The summed E-state index contributed by atoms with van der Waals surface area (Å²) in [7, 11) is 0. The highest BCUT2D eigenvalue weighted by molar-refractivity contribution is 7.98. The van der Waals surface area contributed by atoms with Gasteiger partial charge in [-0.15, -0.1) is 0 Å². The van der Waals surface area contributed by atoms with E-state index in [0.29, 0.717) is 0 Å². The summed E-state index contributed by atoms with van der Waals surface area (Å²) in [5.74, 6) is 0.748. The molecule has 0 amide bonds. The Hall–Kier alpha value is -2.31. The van der Waals surface area contributed by atoms with Crippen molar-refractivity contribution in [2.75, 3.05) is 0 Å². The lowest BCUT2D eigenvalue weighted by Crippen LogP contribution is -1.93. The molecule has 4 rings (SSSR count). The Morgan fingerprint density at radius 3 is 2.58 bits per heavy atom. The van der Waals surface area contributed by atoms with Gasteiger partial charge in [-0.2, -0.15) is 0 Å². The van der Waals surface area contributed by atoms with Gasteiger partial charge in [-0.25, -0.2) is 15.0 Å². The first-order valence-electron chi connectivity index (χ1n) is 7.53. The fourth-order valence-corrected chi connectivity index (χ4v) is 4.00. The van der Waals surface area contributed by atoms with Crippen LogP contribution in [0.1, 0.15) is 10.7 Å². The molecule has 6 heteroatoms. The molecule has 1 aromatic carbocycles. The maximum atomic E-state index is 4.77. The van der Waals surface area contributed by atoms with Crippen LogP contribution in [0.5, 0.6) is 0 Å². The molecule has 4 nitrogen and oxygen atoms in total. The minimum absolute atomic E-state index is 0.748. The van der Waals surface area contributed by atoms with Gasteiger partial charge in [0.05, 0.1) is 10.7 Å². The first-order chi connectivity index (χ1) is 11.8. The van der Waals surface area contributed by atoms with E-state index in [1.54, 1.807) is 23.1 Å². The number of hydrogen-bond donors (Lipinski definition) is 0. The molecule has 0 aliphatic heterocycles. The third-order valence-electron chi connectivity index (χ3n) is 3.47. The normalized spacial score (nSPS) is 11.0. The molecule has 24 heavy (non-hydrogen) atoms. The van der Waals surface area contributed by atoms with Gasteiger partial charge in [0, 0.05) is 17.5 Å². The Morgan fingerprint density at radius 1 is 0.958 bits per heavy atom. The number of thioether (sulfide) groups is 1. The second kappa shape index (κ2) is 6.67. The standard InChI is InChI=1S/C18H14N4S2/c1-12-20-16-15(13-7-3-2-4-8-13)21-18(22-17(16)24-12)23-11-14-9-5-6-10-19-14/h2-10H,11H2,1H3. The Balaban J connectivity index is 1.74. The van der Waals surface area contributed by atoms with Crippen LogP contribution in [0.25, 0.3) is 21.6 Å². The lowest BCUT2D eigenvalue weighted by molar-refractivity contribution is 1.01. The lowest BCUT2D eigenvalue weighted by atomic mass is 10.1. The molecular formula is C18H14N4S2. The first kappa shape index (κ1) is 15.2. The first-order valence-corrected chi connectivity index (χ1v) is 9.33. The number of benzene rings is 1. The van der Waals surface area contributed by atoms with Gasteiger partial charge >= 0.3 is 0 Å². The van der Waals surface area contributed by atoms with Gasteiger partial charge in [-0.05, 0) is 19.1 Å². The molecule has 0 bridgehead atoms. The topological polar surface area (TPSA) is 51.6 Å². The van der Waals surface area contributed by atoms with Crippen molar-refractivity contribution in [2.45, 2.75) is 17.8 Å². The van der Waals surface area contributed by atoms with Crippen LogP contribution >= 0.6 is 23.1 Å². The highest BCUT2D eigenvalue weighted by Crippen LogP contribution is 2.31. The van der Waals surface area contributed by atoms with E-state index in [2.05, 4.69) is 27.1 Å². The van der Waals surface area contributed by atoms with E-state index in [1.807, 2.05) is 49.5 Å². The third kappa shape index (κ3) is 3.16. The molecule has 0 atom stereocenters. The number of aryl methyl sites for hydroxylation is 1. The lowest BCUT2D eigenvalue weighted by Gasteiger charge is -2.05. The summed E-state index contributed by atoms with van der Waals surface area (Å²) in [4.78, 5) is 19.4. The van der Waals surface area contributed by atoms with Crippen molar-refractivity contribution in [2.24, 2.45) is 0 Å². The number of nitrogens with zero attached hydrogens (tertiary/aromatic N) is 4. The summed E-state index contributed by atoms with van der Waals surface area (Å²) >= 11 is 3.21. The molecule has 0 unspecified atom stereocenters. The molecule has 0 aliphatic rings. The van der Waals surface area contributed by atoms with E-state index >= 15 is 0 Å². The Morgan fingerprint density at radius 2 is 1.79 bits per heavy atom. The fraction of sp³-hybridized carbons (Fsp3) is 0.111. The summed E-state index contributed by atoms with van der Waals surface area (Å²) in [5.41, 5.74) is 3.86. The molecule has 0 N–H and O–H groups in total. The highest BCUT2D eigenvalue weighted by atomic mass is 32.2. The smallest absolute Gasteiger partial charge is 0.190 e. The van der Waals surface area contributed by atoms with E-state index in [-0.39, 0.29) is 0 Å². The molecule has 118 valence electrons. The second-order valence-corrected chi connectivity index (χ2v) is 7.34. The van der Waals surface area contributed by atoms with Gasteiger partial charge in [-0.1, -0.05) is 59.5 Å². The Bertz CT molecular complexity index is 968. The van der Waals surface area contributed by atoms with Gasteiger partial charge in [0.1, 0.15) is 16.0 Å². The second-order valence-electron chi connectivity index (χ2n) is 5.22. The molecule has 3 aromatic heterocycles. The van der Waals surface area contributed by atoms with Crippen LogP contribution in [0.2, 0.25) is 0 Å². The van der Waals surface area contributed by atoms with Gasteiger partial charge in [0.15, 0.2) is 5.16 Å². The predicted molar refractivity (Wildman–Crippen MR) is 99.2 cm³/mol. The zero-order valence-electron chi connectivity index (χ0n) is 13.0. The number of fused-ring (bicyclic) bond motifs is 1. The van der Waals surface area contributed by atoms with E-state index in [9.17, 15) is 0 Å². The molecule has 3 heterocycles. The number of hydrogen-bond acceptors (Lipinski definition) is 6. The van der Waals surface area contributed by atoms with Crippen LogP contribution in [-0.2, 0) is 5.75 Å². The Labute approximate surface area is 148 Å². The maximum Gasteiger partial charge on any atom is 0.190 e. The zero-order valence-corrected chi connectivity index (χ0v) is 14.6. The number of rotatable bonds is 4. The maximum absolute atomic E-state index is 4.77. The summed E-state index contributed by atoms with van der Waals surface area (Å²) in [6, 6.07) is 16.1. The zero-order chi connectivity index (χ0) is 16.4. The average molecular weight is 350 g/mol. The molecule has 0 aliphatic carbocycles. The fourth-order valence-electron chi connectivity index (χ4n) is 2.39. The molecule has 0 spiro atoms. The van der Waals surface area contributed by atoms with Crippen molar-refractivity contribution in [1.29, 1.82) is 0 Å². The van der Waals surface area contributed by atoms with Crippen LogP contribution in [0.3, 0.4) is 0 Å². The minimum Gasteiger partial charge on any atom is -0.260 e. The molecular weight excluding hydrogens is 336 g/mol. The van der Waals surface area contributed by atoms with Crippen molar-refractivity contribution in [3.05, 3.63) is 65.4 Å². The quantitative estimate of drug-likeness (QED) is 0.393. The molecule has 0 fully saturated rings. The van der Waals surface area contributed by atoms with E-state index < -0.39 is 0 Å². The van der Waals surface area contributed by atoms with Crippen molar-refractivity contribution in [3.63, 3.8) is 0 Å². The Kier molecular flexibility index (Phi) is 4.23. The number of aromatic nitrogens is 4. The van der Waals surface area contributed by atoms with Gasteiger partial charge in [-0.3, -0.25) is 4.98 Å². The molecule has 0 saturated heterocycles. The third-order valence-corrected chi connectivity index (χ3v) is 5.21.